The van der Waals surface area contributed by atoms with E-state index in [4.69, 9.17) is 14.2 Å². The van der Waals surface area contributed by atoms with E-state index < -0.39 is 41.6 Å². The van der Waals surface area contributed by atoms with Crippen LogP contribution in [0.1, 0.15) is 33.2 Å². The highest BCUT2D eigenvalue weighted by atomic mass is 32.2. The van der Waals surface area contributed by atoms with Gasteiger partial charge in [-0.25, -0.2) is 0 Å². The molecule has 180 valence electrons. The zero-order chi connectivity index (χ0) is 24.1. The minimum atomic E-state index is -1.11. The maximum absolute atomic E-state index is 13.3. The fourth-order valence-corrected chi connectivity index (χ4v) is 5.36. The van der Waals surface area contributed by atoms with Gasteiger partial charge in [0.05, 0.1) is 30.9 Å². The lowest BCUT2D eigenvalue weighted by Gasteiger charge is -2.46. The summed E-state index contributed by atoms with van der Waals surface area (Å²) in [6.07, 6.45) is -1.08. The Kier molecular flexibility index (Phi) is 8.18. The third-order valence-electron chi connectivity index (χ3n) is 5.90. The molecule has 0 spiro atoms. The molecule has 1 saturated heterocycles. The molecule has 2 aliphatic heterocycles. The number of ether oxygens (including phenoxy) is 3. The Hall–Kier alpha value is -2.49. The lowest BCUT2D eigenvalue weighted by Crippen LogP contribution is -2.65. The van der Waals surface area contributed by atoms with Gasteiger partial charge in [0.25, 0.3) is 11.8 Å². The molecule has 2 aliphatic rings. The molecule has 0 radical (unpaired) electrons. The number of amides is 2. The third kappa shape index (κ3) is 4.96. The number of aliphatic hydroxyl groups is 1. The first-order chi connectivity index (χ1) is 16.6. The first-order valence-electron chi connectivity index (χ1n) is 11.3. The number of nitrogens with zero attached hydrogens (tertiary/aromatic N) is 1. The summed E-state index contributed by atoms with van der Waals surface area (Å²) < 4.78 is 18.1. The quantitative estimate of drug-likeness (QED) is 0.410. The molecule has 8 heteroatoms. The van der Waals surface area contributed by atoms with E-state index in [9.17, 15) is 14.7 Å². The van der Waals surface area contributed by atoms with Gasteiger partial charge in [0.1, 0.15) is 29.8 Å². The largest absolute Gasteiger partial charge is 0.388 e. The van der Waals surface area contributed by atoms with Crippen LogP contribution in [0.5, 0.6) is 0 Å². The molecule has 2 amide bonds. The number of carbonyl (C=O) groups excluding carboxylic acids is 2. The number of aliphatic hydroxyl groups excluding tert-OH is 1. The molecular formula is C26H29NO6S. The Labute approximate surface area is 203 Å². The first-order valence-corrected chi connectivity index (χ1v) is 12.4. The molecule has 34 heavy (non-hydrogen) atoms. The predicted octanol–water partition coefficient (Wildman–Crippen LogP) is 3.28. The summed E-state index contributed by atoms with van der Waals surface area (Å²) in [5.41, 5.74) is 1.11. The van der Waals surface area contributed by atoms with E-state index in [1.165, 1.54) is 16.7 Å². The van der Waals surface area contributed by atoms with Gasteiger partial charge in [-0.15, -0.1) is 18.3 Å². The van der Waals surface area contributed by atoms with Crippen LogP contribution in [-0.4, -0.2) is 70.6 Å². The molecule has 0 bridgehead atoms. The van der Waals surface area contributed by atoms with Crippen LogP contribution in [0.15, 0.2) is 67.3 Å². The van der Waals surface area contributed by atoms with Crippen LogP contribution < -0.4 is 0 Å². The van der Waals surface area contributed by atoms with Gasteiger partial charge in [0.15, 0.2) is 0 Å². The van der Waals surface area contributed by atoms with Crippen molar-refractivity contribution < 1.29 is 28.9 Å². The molecule has 4 rings (SSSR count). The lowest BCUT2D eigenvalue weighted by molar-refractivity contribution is -0.199. The summed E-state index contributed by atoms with van der Waals surface area (Å²) in [7, 11) is 0. The minimum absolute atomic E-state index is 0.139. The average Bonchev–Trinajstić information content (AvgIpc) is 3.10. The molecule has 0 aliphatic carbocycles. The number of carbonyl (C=O) groups is 2. The first kappa shape index (κ1) is 24.6. The van der Waals surface area contributed by atoms with Crippen molar-refractivity contribution >= 4 is 23.6 Å². The third-order valence-corrected chi connectivity index (χ3v) is 6.95. The summed E-state index contributed by atoms with van der Waals surface area (Å²) in [5.74, 6) is -0.130. The number of hydrogen-bond donors (Lipinski definition) is 1. The van der Waals surface area contributed by atoms with E-state index in [2.05, 4.69) is 6.58 Å². The van der Waals surface area contributed by atoms with E-state index in [-0.39, 0.29) is 13.2 Å². The zero-order valence-corrected chi connectivity index (χ0v) is 19.9. The number of imide groups is 1. The summed E-state index contributed by atoms with van der Waals surface area (Å²) >= 11 is 1.46. The maximum Gasteiger partial charge on any atom is 0.262 e. The maximum atomic E-state index is 13.3. The standard InChI is InChI=1S/C26H29NO6S/c1-3-14-32-23-21(27-24(29)18-12-8-9-13-19(18)25(27)30)26(34-4-2)33-20(22(23)28)16-31-15-17-10-6-5-7-11-17/h3,5-13,20-23,26,28H,1,4,14-16H2,2H3/t20-,21-,22+,23-,26+/m1/s1. The van der Waals surface area contributed by atoms with Crippen LogP contribution in [-0.2, 0) is 20.8 Å². The van der Waals surface area contributed by atoms with Crippen LogP contribution in [0.25, 0.3) is 0 Å². The van der Waals surface area contributed by atoms with E-state index in [0.717, 1.165) is 5.56 Å². The minimum Gasteiger partial charge on any atom is -0.388 e. The Bertz CT molecular complexity index is 980. The van der Waals surface area contributed by atoms with E-state index in [1.807, 2.05) is 37.3 Å². The van der Waals surface area contributed by atoms with Gasteiger partial charge in [-0.1, -0.05) is 55.5 Å². The van der Waals surface area contributed by atoms with E-state index in [0.29, 0.717) is 23.5 Å². The molecule has 1 N–H and O–H groups in total. The highest BCUT2D eigenvalue weighted by Crippen LogP contribution is 2.37. The van der Waals surface area contributed by atoms with Crippen molar-refractivity contribution in [1.82, 2.24) is 4.90 Å². The van der Waals surface area contributed by atoms with Gasteiger partial charge in [-0.3, -0.25) is 14.5 Å². The SMILES string of the molecule is C=CCO[C@H]1[C@@H](O)[C@@H](COCc2ccccc2)O[C@@H](SCC)[C@@H]1N1C(=O)c2ccccc2C1=O. The van der Waals surface area contributed by atoms with Crippen molar-refractivity contribution in [2.24, 2.45) is 0 Å². The molecule has 1 fully saturated rings. The van der Waals surface area contributed by atoms with Gasteiger partial charge in [-0.2, -0.15) is 0 Å². The lowest BCUT2D eigenvalue weighted by atomic mass is 9.96. The normalized spacial score (nSPS) is 26.5. The summed E-state index contributed by atoms with van der Waals surface area (Å²) in [4.78, 5) is 27.7. The summed E-state index contributed by atoms with van der Waals surface area (Å²) in [6, 6.07) is 15.6. The number of rotatable bonds is 10. The van der Waals surface area contributed by atoms with Gasteiger partial charge in [-0.05, 0) is 23.4 Å². The average molecular weight is 484 g/mol. The smallest absolute Gasteiger partial charge is 0.262 e. The second-order valence-corrected chi connectivity index (χ2v) is 9.47. The van der Waals surface area contributed by atoms with Gasteiger partial charge in [0, 0.05) is 0 Å². The fraction of sp³-hybridized carbons (Fsp3) is 0.385. The van der Waals surface area contributed by atoms with Crippen LogP contribution in [0.2, 0.25) is 0 Å². The monoisotopic (exact) mass is 483 g/mol. The van der Waals surface area contributed by atoms with Crippen LogP contribution >= 0.6 is 11.8 Å². The Morgan fingerprint density at radius 1 is 1.09 bits per heavy atom. The molecule has 2 heterocycles. The topological polar surface area (TPSA) is 85.3 Å². The summed E-state index contributed by atoms with van der Waals surface area (Å²) in [6.45, 7) is 6.34. The molecule has 7 nitrogen and oxygen atoms in total. The Balaban J connectivity index is 1.57. The Morgan fingerprint density at radius 2 is 1.74 bits per heavy atom. The predicted molar refractivity (Wildman–Crippen MR) is 130 cm³/mol. The summed E-state index contributed by atoms with van der Waals surface area (Å²) in [5, 5.41) is 11.2. The van der Waals surface area contributed by atoms with Crippen LogP contribution in [0.3, 0.4) is 0 Å². The second kappa shape index (κ2) is 11.3. The van der Waals surface area contributed by atoms with Crippen molar-refractivity contribution in [2.75, 3.05) is 19.0 Å². The van der Waals surface area contributed by atoms with Crippen molar-refractivity contribution in [3.8, 4) is 0 Å². The fourth-order valence-electron chi connectivity index (χ4n) is 4.33. The van der Waals surface area contributed by atoms with Crippen molar-refractivity contribution in [2.45, 2.75) is 43.3 Å². The molecule has 0 saturated carbocycles. The molecule has 0 unspecified atom stereocenters. The van der Waals surface area contributed by atoms with Gasteiger partial charge in [0.2, 0.25) is 0 Å². The molecule has 5 atom stereocenters. The van der Waals surface area contributed by atoms with Crippen LogP contribution in [0, 0.1) is 0 Å². The van der Waals surface area contributed by atoms with Crippen molar-refractivity contribution in [1.29, 1.82) is 0 Å². The highest BCUT2D eigenvalue weighted by molar-refractivity contribution is 7.99. The van der Waals surface area contributed by atoms with Crippen molar-refractivity contribution in [3.05, 3.63) is 83.9 Å². The number of thioether (sulfide) groups is 1. The number of fused-ring (bicyclic) bond motifs is 1. The van der Waals surface area contributed by atoms with Gasteiger partial charge >= 0.3 is 0 Å². The molecule has 0 aromatic heterocycles. The van der Waals surface area contributed by atoms with E-state index >= 15 is 0 Å². The number of benzene rings is 2. The molecule has 2 aromatic carbocycles. The van der Waals surface area contributed by atoms with Crippen molar-refractivity contribution in [3.63, 3.8) is 0 Å². The number of hydrogen-bond acceptors (Lipinski definition) is 7. The van der Waals surface area contributed by atoms with E-state index in [1.54, 1.807) is 30.3 Å². The van der Waals surface area contributed by atoms with Crippen LogP contribution in [0.4, 0.5) is 0 Å². The molecular weight excluding hydrogens is 454 g/mol. The zero-order valence-electron chi connectivity index (χ0n) is 19.0. The van der Waals surface area contributed by atoms with Gasteiger partial charge < -0.3 is 19.3 Å². The Morgan fingerprint density at radius 3 is 2.35 bits per heavy atom. The second-order valence-electron chi connectivity index (χ2n) is 8.09. The highest BCUT2D eigenvalue weighted by Gasteiger charge is 2.53. The molecule has 2 aromatic rings.